The second kappa shape index (κ2) is 5.36. The summed E-state index contributed by atoms with van der Waals surface area (Å²) in [5.74, 6) is 1.22. The van der Waals surface area contributed by atoms with Gasteiger partial charge in [0.05, 0.1) is 6.54 Å². The lowest BCUT2D eigenvalue weighted by Crippen LogP contribution is -2.28. The zero-order valence-electron chi connectivity index (χ0n) is 11.5. The van der Waals surface area contributed by atoms with Crippen molar-refractivity contribution in [2.24, 2.45) is 0 Å². The van der Waals surface area contributed by atoms with Gasteiger partial charge in [0.2, 0.25) is 5.91 Å². The molecule has 2 N–H and O–H groups in total. The van der Waals surface area contributed by atoms with E-state index in [0.29, 0.717) is 13.0 Å². The predicted molar refractivity (Wildman–Crippen MR) is 77.4 cm³/mol. The summed E-state index contributed by atoms with van der Waals surface area (Å²) in [7, 11) is 1.82. The zero-order chi connectivity index (χ0) is 13.9. The summed E-state index contributed by atoms with van der Waals surface area (Å²) in [6.45, 7) is 1.35. The molecule has 1 aliphatic heterocycles. The summed E-state index contributed by atoms with van der Waals surface area (Å²) < 4.78 is 0. The first kappa shape index (κ1) is 12.7. The topological polar surface area (TPSA) is 61.0 Å². The lowest BCUT2D eigenvalue weighted by atomic mass is 9.97. The number of amides is 1. The van der Waals surface area contributed by atoms with Crippen molar-refractivity contribution in [3.8, 4) is 0 Å². The smallest absolute Gasteiger partial charge is 0.223 e. The molecule has 0 fully saturated rings. The number of rotatable bonds is 4. The molecule has 5 nitrogen and oxygen atoms in total. The highest BCUT2D eigenvalue weighted by molar-refractivity contribution is 5.78. The van der Waals surface area contributed by atoms with Gasteiger partial charge in [-0.3, -0.25) is 4.79 Å². The van der Waals surface area contributed by atoms with E-state index in [-0.39, 0.29) is 11.8 Å². The van der Waals surface area contributed by atoms with Crippen LogP contribution in [0.25, 0.3) is 0 Å². The lowest BCUT2D eigenvalue weighted by molar-refractivity contribution is -0.130. The third kappa shape index (κ3) is 2.52. The summed E-state index contributed by atoms with van der Waals surface area (Å²) in [5, 5.41) is 3.35. The van der Waals surface area contributed by atoms with Crippen molar-refractivity contribution in [1.82, 2.24) is 14.9 Å². The van der Waals surface area contributed by atoms with Crippen LogP contribution in [0.2, 0.25) is 0 Å². The Morgan fingerprint density at radius 2 is 2.30 bits per heavy atom. The van der Waals surface area contributed by atoms with Gasteiger partial charge in [-0.15, -0.1) is 0 Å². The molecule has 0 aliphatic carbocycles. The zero-order valence-corrected chi connectivity index (χ0v) is 11.5. The van der Waals surface area contributed by atoms with E-state index in [1.54, 1.807) is 17.3 Å². The molecule has 1 atom stereocenters. The molecule has 5 heteroatoms. The highest BCUT2D eigenvalue weighted by atomic mass is 16.2. The maximum atomic E-state index is 12.3. The molecule has 1 aliphatic rings. The number of fused-ring (bicyclic) bond motifs is 1. The fraction of sp³-hybridized carbons (Fsp3) is 0.333. The van der Waals surface area contributed by atoms with Crippen LogP contribution in [0.4, 0.5) is 5.69 Å². The Balaban J connectivity index is 1.62. The van der Waals surface area contributed by atoms with Crippen LogP contribution in [-0.2, 0) is 11.3 Å². The molecule has 20 heavy (non-hydrogen) atoms. The Hall–Kier alpha value is -2.30. The van der Waals surface area contributed by atoms with Gasteiger partial charge in [-0.1, -0.05) is 18.2 Å². The van der Waals surface area contributed by atoms with Gasteiger partial charge in [-0.05, 0) is 11.6 Å². The van der Waals surface area contributed by atoms with E-state index < -0.39 is 0 Å². The minimum Gasteiger partial charge on any atom is -0.384 e. The molecule has 1 aromatic heterocycles. The first-order chi connectivity index (χ1) is 9.74. The number of imidazole rings is 1. The van der Waals surface area contributed by atoms with Crippen LogP contribution in [0.15, 0.2) is 36.7 Å². The van der Waals surface area contributed by atoms with Crippen LogP contribution >= 0.6 is 0 Å². The van der Waals surface area contributed by atoms with Crippen molar-refractivity contribution in [2.75, 3.05) is 18.9 Å². The van der Waals surface area contributed by atoms with Gasteiger partial charge >= 0.3 is 0 Å². The third-order valence-electron chi connectivity index (χ3n) is 3.73. The highest BCUT2D eigenvalue weighted by Crippen LogP contribution is 2.33. The second-order valence-corrected chi connectivity index (χ2v) is 5.15. The SMILES string of the molecule is CN(Cc1ncc[nH]1)C(=O)CC1CNc2ccccc21. The van der Waals surface area contributed by atoms with Crippen LogP contribution in [-0.4, -0.2) is 34.4 Å². The Morgan fingerprint density at radius 3 is 3.10 bits per heavy atom. The lowest BCUT2D eigenvalue weighted by Gasteiger charge is -2.18. The van der Waals surface area contributed by atoms with Crippen molar-refractivity contribution >= 4 is 11.6 Å². The molecule has 1 unspecified atom stereocenters. The molecule has 0 bridgehead atoms. The van der Waals surface area contributed by atoms with E-state index >= 15 is 0 Å². The first-order valence-electron chi connectivity index (χ1n) is 6.79. The molecule has 2 heterocycles. The van der Waals surface area contributed by atoms with E-state index in [1.165, 1.54) is 5.56 Å². The number of anilines is 1. The predicted octanol–water partition coefficient (Wildman–Crippen LogP) is 1.97. The number of aromatic nitrogens is 2. The Labute approximate surface area is 118 Å². The fourth-order valence-electron chi connectivity index (χ4n) is 2.60. The number of carbonyl (C=O) groups excluding carboxylic acids is 1. The molecule has 1 aromatic carbocycles. The van der Waals surface area contributed by atoms with Crippen LogP contribution in [0.1, 0.15) is 23.7 Å². The molecule has 0 saturated heterocycles. The minimum absolute atomic E-state index is 0.143. The van der Waals surface area contributed by atoms with Crippen LogP contribution < -0.4 is 5.32 Å². The molecule has 3 rings (SSSR count). The molecular formula is C15H18N4O. The molecule has 2 aromatic rings. The van der Waals surface area contributed by atoms with E-state index in [9.17, 15) is 4.79 Å². The Morgan fingerprint density at radius 1 is 1.45 bits per heavy atom. The molecule has 0 radical (unpaired) electrons. The van der Waals surface area contributed by atoms with Crippen molar-refractivity contribution in [3.05, 3.63) is 48.0 Å². The monoisotopic (exact) mass is 270 g/mol. The second-order valence-electron chi connectivity index (χ2n) is 5.15. The Kier molecular flexibility index (Phi) is 3.41. The van der Waals surface area contributed by atoms with Gasteiger partial charge in [0.25, 0.3) is 0 Å². The fourth-order valence-corrected chi connectivity index (χ4v) is 2.60. The maximum absolute atomic E-state index is 12.3. The van der Waals surface area contributed by atoms with Crippen LogP contribution in [0.3, 0.4) is 0 Å². The molecule has 1 amide bonds. The molecule has 0 saturated carbocycles. The number of carbonyl (C=O) groups is 1. The van der Waals surface area contributed by atoms with Gasteiger partial charge in [-0.2, -0.15) is 0 Å². The number of hydrogen-bond donors (Lipinski definition) is 2. The quantitative estimate of drug-likeness (QED) is 0.893. The highest BCUT2D eigenvalue weighted by Gasteiger charge is 2.25. The average Bonchev–Trinajstić information content (AvgIpc) is 3.09. The standard InChI is InChI=1S/C15H18N4O/c1-19(10-14-16-6-7-17-14)15(20)8-11-9-18-13-5-3-2-4-12(11)13/h2-7,11,18H,8-10H2,1H3,(H,16,17). The number of aromatic amines is 1. The van der Waals surface area contributed by atoms with E-state index in [0.717, 1.165) is 18.1 Å². The molecular weight excluding hydrogens is 252 g/mol. The number of H-pyrrole nitrogens is 1. The van der Waals surface area contributed by atoms with E-state index in [1.807, 2.05) is 19.2 Å². The van der Waals surface area contributed by atoms with Crippen molar-refractivity contribution in [3.63, 3.8) is 0 Å². The van der Waals surface area contributed by atoms with Gasteiger partial charge in [0.15, 0.2) is 0 Å². The maximum Gasteiger partial charge on any atom is 0.223 e. The minimum atomic E-state index is 0.143. The molecule has 104 valence electrons. The summed E-state index contributed by atoms with van der Waals surface area (Å²) in [4.78, 5) is 21.2. The average molecular weight is 270 g/mol. The summed E-state index contributed by atoms with van der Waals surface area (Å²) >= 11 is 0. The molecule has 0 spiro atoms. The van der Waals surface area contributed by atoms with Crippen LogP contribution in [0, 0.1) is 0 Å². The van der Waals surface area contributed by atoms with Gasteiger partial charge in [0.1, 0.15) is 5.82 Å². The van der Waals surface area contributed by atoms with E-state index in [2.05, 4.69) is 27.4 Å². The van der Waals surface area contributed by atoms with Gasteiger partial charge in [0, 0.05) is 44.0 Å². The third-order valence-corrected chi connectivity index (χ3v) is 3.73. The first-order valence-corrected chi connectivity index (χ1v) is 6.79. The van der Waals surface area contributed by atoms with E-state index in [4.69, 9.17) is 0 Å². The van der Waals surface area contributed by atoms with Gasteiger partial charge < -0.3 is 15.2 Å². The number of nitrogens with zero attached hydrogens (tertiary/aromatic N) is 2. The Bertz CT molecular complexity index is 594. The largest absolute Gasteiger partial charge is 0.384 e. The van der Waals surface area contributed by atoms with Crippen LogP contribution in [0.5, 0.6) is 0 Å². The summed E-state index contributed by atoms with van der Waals surface area (Å²) in [5.41, 5.74) is 2.39. The number of hydrogen-bond acceptors (Lipinski definition) is 3. The van der Waals surface area contributed by atoms with Crippen molar-refractivity contribution in [1.29, 1.82) is 0 Å². The summed E-state index contributed by atoms with van der Waals surface area (Å²) in [6, 6.07) is 8.20. The van der Waals surface area contributed by atoms with Crippen molar-refractivity contribution < 1.29 is 4.79 Å². The number of benzene rings is 1. The van der Waals surface area contributed by atoms with Crippen molar-refractivity contribution in [2.45, 2.75) is 18.9 Å². The normalized spacial score (nSPS) is 16.6. The number of para-hydroxylation sites is 1. The number of nitrogens with one attached hydrogen (secondary N) is 2. The van der Waals surface area contributed by atoms with Gasteiger partial charge in [-0.25, -0.2) is 4.98 Å². The summed E-state index contributed by atoms with van der Waals surface area (Å²) in [6.07, 6.45) is 4.00.